The number of nitrogens with zero attached hydrogens (tertiary/aromatic N) is 6. The summed E-state index contributed by atoms with van der Waals surface area (Å²) < 4.78 is 43.3. The fourth-order valence-electron chi connectivity index (χ4n) is 7.03. The SMILES string of the molecule is CN(C)c1nc(Cc2ccc(NC(=O)c3ccc(C(F)(F)F)cc3)cc2)nc(N(C)C)c1CC(=O)O.O=C(O)COCCN1CCN(C(c2ccccc2)c2ccc(Cl)cc2)CC1. The van der Waals surface area contributed by atoms with E-state index in [1.54, 1.807) is 62.3 Å². The molecular weight excluding hydrogens is 839 g/mol. The van der Waals surface area contributed by atoms with Crippen molar-refractivity contribution in [1.29, 1.82) is 0 Å². The first-order chi connectivity index (χ1) is 30.0. The fraction of sp³-hybridized carbons (Fsp3) is 0.326. The largest absolute Gasteiger partial charge is 0.481 e. The zero-order valence-electron chi connectivity index (χ0n) is 35.5. The van der Waals surface area contributed by atoms with Gasteiger partial charge in [0.05, 0.1) is 24.6 Å². The van der Waals surface area contributed by atoms with E-state index in [0.717, 1.165) is 67.6 Å². The lowest BCUT2D eigenvalue weighted by Gasteiger charge is -2.39. The van der Waals surface area contributed by atoms with Crippen LogP contribution in [0.1, 0.15) is 50.0 Å². The lowest BCUT2D eigenvalue weighted by atomic mass is 9.96. The molecule has 1 aliphatic rings. The Morgan fingerprint density at radius 1 is 0.778 bits per heavy atom. The summed E-state index contributed by atoms with van der Waals surface area (Å²) in [7, 11) is 7.13. The number of aromatic nitrogens is 2. The number of amides is 1. The first-order valence-electron chi connectivity index (χ1n) is 20.1. The second kappa shape index (κ2) is 22.3. The van der Waals surface area contributed by atoms with E-state index in [1.807, 2.05) is 18.2 Å². The minimum Gasteiger partial charge on any atom is -0.481 e. The highest BCUT2D eigenvalue weighted by atomic mass is 35.5. The average Bonchev–Trinajstić information content (AvgIpc) is 3.24. The van der Waals surface area contributed by atoms with Gasteiger partial charge in [0.15, 0.2) is 0 Å². The molecule has 17 heteroatoms. The number of rotatable bonds is 16. The molecule has 0 aliphatic carbocycles. The normalized spacial score (nSPS) is 13.7. The van der Waals surface area contributed by atoms with Gasteiger partial charge in [0.2, 0.25) is 0 Å². The van der Waals surface area contributed by atoms with Gasteiger partial charge in [-0.1, -0.05) is 66.2 Å². The summed E-state index contributed by atoms with van der Waals surface area (Å²) in [6, 6.07) is 29.7. The number of ether oxygens (including phenoxy) is 1. The smallest absolute Gasteiger partial charge is 0.416 e. The number of aliphatic carboxylic acids is 2. The predicted molar refractivity (Wildman–Crippen MR) is 237 cm³/mol. The van der Waals surface area contributed by atoms with Gasteiger partial charge in [0.25, 0.3) is 5.91 Å². The Kier molecular flexibility index (Phi) is 17.0. The van der Waals surface area contributed by atoms with Crippen molar-refractivity contribution in [3.8, 4) is 0 Å². The summed E-state index contributed by atoms with van der Waals surface area (Å²) in [4.78, 5) is 51.7. The summed E-state index contributed by atoms with van der Waals surface area (Å²) >= 11 is 6.08. The van der Waals surface area contributed by atoms with Crippen LogP contribution in [-0.4, -0.2) is 122 Å². The summed E-state index contributed by atoms with van der Waals surface area (Å²) in [5, 5.41) is 21.4. The third kappa shape index (κ3) is 14.2. The molecule has 1 aromatic heterocycles. The molecule has 1 unspecified atom stereocenters. The molecule has 0 radical (unpaired) electrons. The summed E-state index contributed by atoms with van der Waals surface area (Å²) in [6.07, 6.45) is -4.32. The van der Waals surface area contributed by atoms with Crippen LogP contribution in [0.3, 0.4) is 0 Å². The van der Waals surface area contributed by atoms with E-state index in [2.05, 4.69) is 61.5 Å². The number of alkyl halides is 3. The number of carbonyl (C=O) groups is 3. The Morgan fingerprint density at radius 2 is 1.35 bits per heavy atom. The quantitative estimate of drug-likeness (QED) is 0.0857. The molecule has 2 heterocycles. The van der Waals surface area contributed by atoms with E-state index in [0.29, 0.717) is 41.7 Å². The second-order valence-electron chi connectivity index (χ2n) is 15.2. The minimum atomic E-state index is -4.47. The Hall–Kier alpha value is -6.07. The lowest BCUT2D eigenvalue weighted by molar-refractivity contribution is -0.142. The molecule has 1 amide bonds. The van der Waals surface area contributed by atoms with Gasteiger partial charge in [-0.05, 0) is 65.2 Å². The number of carboxylic acids is 2. The standard InChI is InChI=1S/C25H26F3N5O3.C21H25ClN2O3/c1-32(2)22-19(14-21(34)35)23(33(3)4)31-20(30-22)13-15-5-11-18(12-6-15)29-24(36)16-7-9-17(10-8-16)25(26,27)28;22-19-8-6-18(7-9-19)21(17-4-2-1-3-5-17)24-12-10-23(11-13-24)14-15-27-16-20(25)26/h5-12H,13-14H2,1-4H3,(H,29,36)(H,34,35);1-9,21H,10-16H2,(H,25,26). The van der Waals surface area contributed by atoms with Crippen LogP contribution in [0, 0.1) is 0 Å². The third-order valence-corrected chi connectivity index (χ3v) is 10.3. The highest BCUT2D eigenvalue weighted by Crippen LogP contribution is 2.32. The van der Waals surface area contributed by atoms with Gasteiger partial charge in [-0.2, -0.15) is 13.2 Å². The van der Waals surface area contributed by atoms with Crippen LogP contribution in [0.25, 0.3) is 0 Å². The molecular formula is C46H51ClF3N7O6. The van der Waals surface area contributed by atoms with Crippen molar-refractivity contribution in [2.45, 2.75) is 25.1 Å². The van der Waals surface area contributed by atoms with Gasteiger partial charge in [0.1, 0.15) is 24.1 Å². The van der Waals surface area contributed by atoms with Crippen LogP contribution in [0.4, 0.5) is 30.5 Å². The van der Waals surface area contributed by atoms with Gasteiger partial charge < -0.3 is 30.1 Å². The van der Waals surface area contributed by atoms with E-state index in [4.69, 9.17) is 21.4 Å². The maximum atomic E-state index is 12.7. The monoisotopic (exact) mass is 889 g/mol. The van der Waals surface area contributed by atoms with Gasteiger partial charge >= 0.3 is 18.1 Å². The molecule has 5 aromatic rings. The second-order valence-corrected chi connectivity index (χ2v) is 15.7. The van der Waals surface area contributed by atoms with Gasteiger partial charge in [-0.3, -0.25) is 19.4 Å². The van der Waals surface area contributed by atoms with Crippen molar-refractivity contribution in [3.05, 3.63) is 147 Å². The van der Waals surface area contributed by atoms with Gasteiger partial charge in [-0.15, -0.1) is 0 Å². The van der Waals surface area contributed by atoms with Crippen LogP contribution in [0.2, 0.25) is 5.02 Å². The van der Waals surface area contributed by atoms with Crippen LogP contribution in [-0.2, 0) is 33.3 Å². The highest BCUT2D eigenvalue weighted by Gasteiger charge is 2.30. The van der Waals surface area contributed by atoms with E-state index in [1.165, 1.54) is 11.1 Å². The summed E-state index contributed by atoms with van der Waals surface area (Å²) in [5.41, 5.74) is 3.64. The summed E-state index contributed by atoms with van der Waals surface area (Å²) in [5.74, 6) is -0.892. The van der Waals surface area contributed by atoms with Crippen molar-refractivity contribution in [3.63, 3.8) is 0 Å². The van der Waals surface area contributed by atoms with Crippen molar-refractivity contribution in [2.75, 3.05) is 89.2 Å². The molecule has 4 aromatic carbocycles. The van der Waals surface area contributed by atoms with Crippen LogP contribution >= 0.6 is 11.6 Å². The molecule has 0 saturated carbocycles. The van der Waals surface area contributed by atoms with Crippen molar-refractivity contribution in [1.82, 2.24) is 19.8 Å². The number of halogens is 4. The number of nitrogens with one attached hydrogen (secondary N) is 1. The molecule has 63 heavy (non-hydrogen) atoms. The molecule has 334 valence electrons. The van der Waals surface area contributed by atoms with E-state index < -0.39 is 29.6 Å². The van der Waals surface area contributed by atoms with E-state index >= 15 is 0 Å². The Morgan fingerprint density at radius 3 is 1.87 bits per heavy atom. The number of carbonyl (C=O) groups excluding carboxylic acids is 1. The van der Waals surface area contributed by atoms with Crippen LogP contribution in [0.15, 0.2) is 103 Å². The van der Waals surface area contributed by atoms with Crippen LogP contribution < -0.4 is 15.1 Å². The van der Waals surface area contributed by atoms with Crippen molar-refractivity contribution < 1.29 is 42.5 Å². The molecule has 1 saturated heterocycles. The Bertz CT molecular complexity index is 2250. The maximum Gasteiger partial charge on any atom is 0.416 e. The average molecular weight is 890 g/mol. The third-order valence-electron chi connectivity index (χ3n) is 10.1. The first kappa shape index (κ1) is 48.0. The molecule has 13 nitrogen and oxygen atoms in total. The predicted octanol–water partition coefficient (Wildman–Crippen LogP) is 7.25. The molecule has 3 N–H and O–H groups in total. The Labute approximate surface area is 369 Å². The number of piperazine rings is 1. The number of hydrogen-bond donors (Lipinski definition) is 3. The molecule has 1 fully saturated rings. The number of carboxylic acid groups (broad SMARTS) is 2. The lowest BCUT2D eigenvalue weighted by Crippen LogP contribution is -2.48. The minimum absolute atomic E-state index is 0.106. The molecule has 1 atom stereocenters. The first-order valence-corrected chi connectivity index (χ1v) is 20.5. The molecule has 6 rings (SSSR count). The zero-order chi connectivity index (χ0) is 45.7. The van der Waals surface area contributed by atoms with Gasteiger partial charge in [0, 0.05) is 89.2 Å². The number of anilines is 3. The molecule has 1 aliphatic heterocycles. The van der Waals surface area contributed by atoms with Crippen molar-refractivity contribution in [2.24, 2.45) is 0 Å². The molecule has 0 spiro atoms. The van der Waals surface area contributed by atoms with Gasteiger partial charge in [-0.25, -0.2) is 14.8 Å². The highest BCUT2D eigenvalue weighted by molar-refractivity contribution is 6.30. The van der Waals surface area contributed by atoms with Crippen LogP contribution in [0.5, 0.6) is 0 Å². The summed E-state index contributed by atoms with van der Waals surface area (Å²) in [6.45, 7) is 4.75. The fourth-order valence-corrected chi connectivity index (χ4v) is 7.15. The Balaban J connectivity index is 0.000000247. The van der Waals surface area contributed by atoms with Crippen molar-refractivity contribution >= 4 is 46.8 Å². The number of benzene rings is 4. The number of hydrogen-bond acceptors (Lipinski definition) is 10. The van der Waals surface area contributed by atoms with E-state index in [-0.39, 0.29) is 24.6 Å². The zero-order valence-corrected chi connectivity index (χ0v) is 36.2. The molecule has 0 bridgehead atoms. The maximum absolute atomic E-state index is 12.7. The van der Waals surface area contributed by atoms with E-state index in [9.17, 15) is 32.7 Å². The topological polar surface area (TPSA) is 152 Å².